The van der Waals surface area contributed by atoms with Gasteiger partial charge in [-0.25, -0.2) is 0 Å². The Bertz CT molecular complexity index is 1110. The zero-order valence-corrected chi connectivity index (χ0v) is 17.4. The molecule has 3 aromatic carbocycles. The second-order valence-corrected chi connectivity index (χ2v) is 6.61. The molecule has 0 aromatic heterocycles. The van der Waals surface area contributed by atoms with Crippen LogP contribution in [-0.2, 0) is 4.79 Å². The molecule has 3 rings (SSSR count). The number of nitrogens with one attached hydrogen (secondary N) is 2. The molecule has 0 heterocycles. The summed E-state index contributed by atoms with van der Waals surface area (Å²) in [6.07, 6.45) is 0. The van der Waals surface area contributed by atoms with Crippen LogP contribution in [0, 0.1) is 0 Å². The van der Waals surface area contributed by atoms with Crippen molar-refractivity contribution in [3.8, 4) is 11.5 Å². The third-order valence-corrected chi connectivity index (χ3v) is 4.52. The number of benzene rings is 3. The summed E-state index contributed by atoms with van der Waals surface area (Å²) in [5.74, 6) is -0.826. The van der Waals surface area contributed by atoms with Gasteiger partial charge in [-0.3, -0.25) is 14.4 Å². The van der Waals surface area contributed by atoms with Crippen LogP contribution in [-0.4, -0.2) is 31.8 Å². The van der Waals surface area contributed by atoms with Crippen molar-refractivity contribution in [2.24, 2.45) is 0 Å². The molecule has 0 bridgehead atoms. The van der Waals surface area contributed by atoms with Gasteiger partial charge < -0.3 is 20.1 Å². The summed E-state index contributed by atoms with van der Waals surface area (Å²) >= 11 is 0. The molecular weight excluding hydrogens is 396 g/mol. The Morgan fingerprint density at radius 2 is 1.35 bits per heavy atom. The van der Waals surface area contributed by atoms with E-state index in [1.54, 1.807) is 60.7 Å². The number of hydrogen-bond acceptors (Lipinski definition) is 5. The number of carbonyl (C=O) groups is 3. The molecule has 7 nitrogen and oxygen atoms in total. The molecule has 31 heavy (non-hydrogen) atoms. The summed E-state index contributed by atoms with van der Waals surface area (Å²) in [5.41, 5.74) is 1.34. The van der Waals surface area contributed by atoms with Crippen molar-refractivity contribution in [3.05, 3.63) is 83.4 Å². The molecule has 0 aliphatic heterocycles. The number of methoxy groups -OCH3 is 2. The van der Waals surface area contributed by atoms with Crippen LogP contribution >= 0.6 is 0 Å². The van der Waals surface area contributed by atoms with Gasteiger partial charge in [-0.15, -0.1) is 0 Å². The average Bonchev–Trinajstić information content (AvgIpc) is 2.79. The zero-order chi connectivity index (χ0) is 22.4. The van der Waals surface area contributed by atoms with Gasteiger partial charge in [0, 0.05) is 24.1 Å². The largest absolute Gasteiger partial charge is 0.496 e. The lowest BCUT2D eigenvalue weighted by atomic mass is 9.98. The van der Waals surface area contributed by atoms with Crippen molar-refractivity contribution in [2.75, 3.05) is 24.9 Å². The van der Waals surface area contributed by atoms with E-state index in [2.05, 4.69) is 10.6 Å². The van der Waals surface area contributed by atoms with Crippen molar-refractivity contribution in [3.63, 3.8) is 0 Å². The van der Waals surface area contributed by atoms with Crippen LogP contribution in [0.5, 0.6) is 11.5 Å². The van der Waals surface area contributed by atoms with Gasteiger partial charge in [0.1, 0.15) is 11.4 Å². The van der Waals surface area contributed by atoms with E-state index in [1.807, 2.05) is 0 Å². The van der Waals surface area contributed by atoms with Gasteiger partial charge in [0.05, 0.1) is 25.5 Å². The topological polar surface area (TPSA) is 93.7 Å². The molecule has 0 saturated heterocycles. The summed E-state index contributed by atoms with van der Waals surface area (Å²) < 4.78 is 11.0. The second kappa shape index (κ2) is 9.58. The molecule has 0 spiro atoms. The lowest BCUT2D eigenvalue weighted by Gasteiger charge is -2.20. The summed E-state index contributed by atoms with van der Waals surface area (Å²) in [4.78, 5) is 37.9. The number of anilines is 2. The fourth-order valence-electron chi connectivity index (χ4n) is 3.14. The van der Waals surface area contributed by atoms with Gasteiger partial charge in [0.15, 0.2) is 11.5 Å². The molecule has 2 N–H and O–H groups in total. The smallest absolute Gasteiger partial charge is 0.255 e. The predicted molar refractivity (Wildman–Crippen MR) is 118 cm³/mol. The predicted octanol–water partition coefficient (Wildman–Crippen LogP) is 4.15. The fraction of sp³-hybridized carbons (Fsp3) is 0.125. The lowest BCUT2D eigenvalue weighted by molar-refractivity contribution is -0.114. The molecule has 2 amide bonds. The quantitative estimate of drug-likeness (QED) is 0.563. The van der Waals surface area contributed by atoms with E-state index in [4.69, 9.17) is 9.47 Å². The number of ether oxygens (including phenoxy) is 2. The molecule has 0 radical (unpaired) electrons. The maximum atomic E-state index is 13.3. The minimum Gasteiger partial charge on any atom is -0.496 e. The standard InChI is InChI=1S/C24H22N2O5/c1-15(27)25-21-20(22(28)16-10-6-4-7-11-16)19(30-2)14-18(23(21)31-3)26-24(29)17-12-8-5-9-13-17/h4-14H,1-3H3,(H,25,27)(H,26,29). The number of carbonyl (C=O) groups excluding carboxylic acids is 3. The lowest BCUT2D eigenvalue weighted by Crippen LogP contribution is -2.17. The fourth-order valence-corrected chi connectivity index (χ4v) is 3.14. The summed E-state index contributed by atoms with van der Waals surface area (Å²) in [7, 11) is 2.80. The highest BCUT2D eigenvalue weighted by Gasteiger charge is 2.27. The highest BCUT2D eigenvalue weighted by atomic mass is 16.5. The Balaban J connectivity index is 2.17. The van der Waals surface area contributed by atoms with Crippen molar-refractivity contribution in [1.29, 1.82) is 0 Å². The number of rotatable bonds is 7. The van der Waals surface area contributed by atoms with E-state index in [1.165, 1.54) is 27.2 Å². The molecule has 0 aliphatic rings. The van der Waals surface area contributed by atoms with Crippen LogP contribution in [0.3, 0.4) is 0 Å². The van der Waals surface area contributed by atoms with E-state index < -0.39 is 5.91 Å². The van der Waals surface area contributed by atoms with Crippen LogP contribution in [0.2, 0.25) is 0 Å². The SMILES string of the molecule is COc1cc(NC(=O)c2ccccc2)c(OC)c(NC(C)=O)c1C(=O)c1ccccc1. The Morgan fingerprint density at radius 1 is 0.774 bits per heavy atom. The second-order valence-electron chi connectivity index (χ2n) is 6.61. The third-order valence-electron chi connectivity index (χ3n) is 4.52. The molecule has 3 aromatic rings. The van der Waals surface area contributed by atoms with Crippen molar-refractivity contribution >= 4 is 29.0 Å². The molecule has 0 aliphatic carbocycles. The summed E-state index contributed by atoms with van der Waals surface area (Å²) in [6, 6.07) is 18.7. The Morgan fingerprint density at radius 3 is 1.87 bits per heavy atom. The first kappa shape index (κ1) is 21.6. The number of amides is 2. The van der Waals surface area contributed by atoms with Crippen LogP contribution in [0.4, 0.5) is 11.4 Å². The minimum atomic E-state index is -0.408. The molecule has 0 unspecified atom stereocenters. The molecule has 0 atom stereocenters. The Labute approximate surface area is 180 Å². The van der Waals surface area contributed by atoms with Crippen LogP contribution in [0.25, 0.3) is 0 Å². The molecule has 0 saturated carbocycles. The van der Waals surface area contributed by atoms with E-state index >= 15 is 0 Å². The highest BCUT2D eigenvalue weighted by Crippen LogP contribution is 2.43. The number of ketones is 1. The van der Waals surface area contributed by atoms with E-state index in [9.17, 15) is 14.4 Å². The van der Waals surface area contributed by atoms with E-state index in [0.29, 0.717) is 11.1 Å². The van der Waals surface area contributed by atoms with Crippen LogP contribution in [0.1, 0.15) is 33.2 Å². The molecule has 158 valence electrons. The summed E-state index contributed by atoms with van der Waals surface area (Å²) in [5, 5.41) is 5.42. The summed E-state index contributed by atoms with van der Waals surface area (Å²) in [6.45, 7) is 1.32. The number of hydrogen-bond donors (Lipinski definition) is 2. The van der Waals surface area contributed by atoms with Gasteiger partial charge >= 0.3 is 0 Å². The van der Waals surface area contributed by atoms with Gasteiger partial charge in [0.25, 0.3) is 5.91 Å². The highest BCUT2D eigenvalue weighted by molar-refractivity contribution is 6.18. The third kappa shape index (κ3) is 4.72. The van der Waals surface area contributed by atoms with E-state index in [-0.39, 0.29) is 40.1 Å². The first-order chi connectivity index (χ1) is 15.0. The Kier molecular flexibility index (Phi) is 6.67. The first-order valence-corrected chi connectivity index (χ1v) is 9.49. The first-order valence-electron chi connectivity index (χ1n) is 9.49. The van der Waals surface area contributed by atoms with Gasteiger partial charge in [-0.05, 0) is 12.1 Å². The van der Waals surface area contributed by atoms with E-state index in [0.717, 1.165) is 0 Å². The monoisotopic (exact) mass is 418 g/mol. The minimum absolute atomic E-state index is 0.117. The Hall–Kier alpha value is -4.13. The molecule has 0 fully saturated rings. The van der Waals surface area contributed by atoms with Crippen LogP contribution < -0.4 is 20.1 Å². The maximum Gasteiger partial charge on any atom is 0.255 e. The van der Waals surface area contributed by atoms with Crippen molar-refractivity contribution < 1.29 is 23.9 Å². The molecule has 7 heteroatoms. The molecular formula is C24H22N2O5. The maximum absolute atomic E-state index is 13.3. The van der Waals surface area contributed by atoms with Crippen molar-refractivity contribution in [1.82, 2.24) is 0 Å². The zero-order valence-electron chi connectivity index (χ0n) is 17.4. The normalized spacial score (nSPS) is 10.2. The van der Waals surface area contributed by atoms with Gasteiger partial charge in [0.2, 0.25) is 5.91 Å². The van der Waals surface area contributed by atoms with Gasteiger partial charge in [-0.2, -0.15) is 0 Å². The average molecular weight is 418 g/mol. The van der Waals surface area contributed by atoms with Crippen LogP contribution in [0.15, 0.2) is 66.7 Å². The van der Waals surface area contributed by atoms with Gasteiger partial charge in [-0.1, -0.05) is 48.5 Å². The van der Waals surface area contributed by atoms with Crippen molar-refractivity contribution in [2.45, 2.75) is 6.92 Å².